The third kappa shape index (κ3) is 5.68. The molecule has 2 aromatic carbocycles. The highest BCUT2D eigenvalue weighted by molar-refractivity contribution is 6.32. The maximum atomic E-state index is 12.2. The fourth-order valence-electron chi connectivity index (χ4n) is 2.45. The van der Waals surface area contributed by atoms with Crippen molar-refractivity contribution in [3.05, 3.63) is 76.7 Å². The van der Waals surface area contributed by atoms with Crippen LogP contribution in [0.15, 0.2) is 59.0 Å². The molecule has 0 aliphatic carbocycles. The summed E-state index contributed by atoms with van der Waals surface area (Å²) in [4.78, 5) is 12.2. The van der Waals surface area contributed by atoms with Crippen LogP contribution in [0.5, 0.6) is 11.5 Å². The van der Waals surface area contributed by atoms with Crippen LogP contribution >= 0.6 is 11.6 Å². The number of aryl methyl sites for hydroxylation is 1. The number of furan rings is 1. The Morgan fingerprint density at radius 1 is 1.10 bits per heavy atom. The van der Waals surface area contributed by atoms with Crippen LogP contribution in [-0.2, 0) is 6.61 Å². The third-order valence-electron chi connectivity index (χ3n) is 3.75. The lowest BCUT2D eigenvalue weighted by Crippen LogP contribution is -2.17. The molecule has 9 heteroatoms. The minimum Gasteiger partial charge on any atom is -0.484 e. The van der Waals surface area contributed by atoms with E-state index >= 15 is 0 Å². The monoisotopic (exact) mass is 425 g/mol. The second kappa shape index (κ2) is 8.48. The first-order valence-electron chi connectivity index (χ1n) is 8.35. The van der Waals surface area contributed by atoms with Gasteiger partial charge in [0.2, 0.25) is 0 Å². The highest BCUT2D eigenvalue weighted by atomic mass is 35.5. The van der Waals surface area contributed by atoms with Gasteiger partial charge in [-0.2, -0.15) is 0 Å². The Labute approximate surface area is 169 Å². The summed E-state index contributed by atoms with van der Waals surface area (Å²) in [7, 11) is 0. The van der Waals surface area contributed by atoms with Gasteiger partial charge in [-0.15, -0.1) is 13.2 Å². The fourth-order valence-corrected chi connectivity index (χ4v) is 2.73. The first-order valence-corrected chi connectivity index (χ1v) is 8.73. The first-order chi connectivity index (χ1) is 13.7. The van der Waals surface area contributed by atoms with E-state index in [0.29, 0.717) is 16.5 Å². The molecule has 3 rings (SSSR count). The number of para-hydroxylation sites is 1. The van der Waals surface area contributed by atoms with Crippen molar-refractivity contribution in [2.24, 2.45) is 0 Å². The summed E-state index contributed by atoms with van der Waals surface area (Å²) in [5.41, 5.74) is 1.14. The second-order valence-electron chi connectivity index (χ2n) is 5.97. The standard InChI is InChI=1S/C20H15ClF3NO4/c1-12-3-2-4-16(21)18(12)27-11-15-9-10-17(28-15)19(26)25-13-5-7-14(8-6-13)29-20(22,23)24/h2-10H,11H2,1H3,(H,25,26). The van der Waals surface area contributed by atoms with Gasteiger partial charge in [-0.1, -0.05) is 23.7 Å². The van der Waals surface area contributed by atoms with E-state index in [2.05, 4.69) is 10.1 Å². The summed E-state index contributed by atoms with van der Waals surface area (Å²) < 4.78 is 51.4. The zero-order chi connectivity index (χ0) is 21.0. The predicted molar refractivity (Wildman–Crippen MR) is 100 cm³/mol. The fraction of sp³-hybridized carbons (Fsp3) is 0.150. The number of alkyl halides is 3. The van der Waals surface area contributed by atoms with Crippen molar-refractivity contribution in [3.63, 3.8) is 0 Å². The number of halogens is 4. The summed E-state index contributed by atoms with van der Waals surface area (Å²) in [6, 6.07) is 13.2. The average Bonchev–Trinajstić information content (AvgIpc) is 3.11. The SMILES string of the molecule is Cc1cccc(Cl)c1OCc1ccc(C(=O)Nc2ccc(OC(F)(F)F)cc2)o1. The van der Waals surface area contributed by atoms with E-state index in [4.69, 9.17) is 20.8 Å². The lowest BCUT2D eigenvalue weighted by Gasteiger charge is -2.10. The molecule has 0 saturated carbocycles. The smallest absolute Gasteiger partial charge is 0.484 e. The van der Waals surface area contributed by atoms with Crippen LogP contribution in [0.4, 0.5) is 18.9 Å². The zero-order valence-corrected chi connectivity index (χ0v) is 15.8. The van der Waals surface area contributed by atoms with Gasteiger partial charge < -0.3 is 19.2 Å². The molecule has 0 aliphatic rings. The zero-order valence-electron chi connectivity index (χ0n) is 15.0. The maximum Gasteiger partial charge on any atom is 0.573 e. The van der Waals surface area contributed by atoms with Crippen molar-refractivity contribution in [1.29, 1.82) is 0 Å². The summed E-state index contributed by atoms with van der Waals surface area (Å²) in [5.74, 6) is 0.00805. The van der Waals surface area contributed by atoms with Crippen LogP contribution in [0.3, 0.4) is 0 Å². The molecular weight excluding hydrogens is 411 g/mol. The van der Waals surface area contributed by atoms with E-state index in [1.165, 1.54) is 18.2 Å². The lowest BCUT2D eigenvalue weighted by molar-refractivity contribution is -0.274. The molecule has 0 unspecified atom stereocenters. The molecule has 152 valence electrons. The van der Waals surface area contributed by atoms with Crippen LogP contribution in [0.1, 0.15) is 21.9 Å². The number of carbonyl (C=O) groups excluding carboxylic acids is 1. The topological polar surface area (TPSA) is 60.7 Å². The molecule has 5 nitrogen and oxygen atoms in total. The van der Waals surface area contributed by atoms with E-state index in [0.717, 1.165) is 17.7 Å². The lowest BCUT2D eigenvalue weighted by atomic mass is 10.2. The van der Waals surface area contributed by atoms with Gasteiger partial charge >= 0.3 is 6.36 Å². The molecule has 0 atom stereocenters. The predicted octanol–water partition coefficient (Wildman–Crippen LogP) is 5.97. The number of amides is 1. The van der Waals surface area contributed by atoms with Crippen LogP contribution in [0.2, 0.25) is 5.02 Å². The summed E-state index contributed by atoms with van der Waals surface area (Å²) in [6.07, 6.45) is -4.78. The van der Waals surface area contributed by atoms with Crippen molar-refractivity contribution in [2.75, 3.05) is 5.32 Å². The third-order valence-corrected chi connectivity index (χ3v) is 4.05. The van der Waals surface area contributed by atoms with Crippen molar-refractivity contribution in [3.8, 4) is 11.5 Å². The highest BCUT2D eigenvalue weighted by Gasteiger charge is 2.31. The Kier molecular flexibility index (Phi) is 6.03. The van der Waals surface area contributed by atoms with Crippen LogP contribution < -0.4 is 14.8 Å². The Morgan fingerprint density at radius 3 is 2.48 bits per heavy atom. The number of ether oxygens (including phenoxy) is 2. The summed E-state index contributed by atoms with van der Waals surface area (Å²) in [6.45, 7) is 1.93. The van der Waals surface area contributed by atoms with Gasteiger partial charge in [0.15, 0.2) is 5.76 Å². The second-order valence-corrected chi connectivity index (χ2v) is 6.37. The average molecular weight is 426 g/mol. The van der Waals surface area contributed by atoms with Gasteiger partial charge in [-0.05, 0) is 55.0 Å². The number of carbonyl (C=O) groups is 1. The van der Waals surface area contributed by atoms with E-state index < -0.39 is 12.3 Å². The van der Waals surface area contributed by atoms with Gasteiger partial charge in [0, 0.05) is 5.69 Å². The van der Waals surface area contributed by atoms with E-state index in [1.807, 2.05) is 19.1 Å². The molecule has 1 heterocycles. The molecule has 0 spiro atoms. The van der Waals surface area contributed by atoms with Crippen LogP contribution in [-0.4, -0.2) is 12.3 Å². The molecular formula is C20H15ClF3NO4. The van der Waals surface area contributed by atoms with Crippen LogP contribution in [0.25, 0.3) is 0 Å². The van der Waals surface area contributed by atoms with Gasteiger partial charge in [0.1, 0.15) is 23.9 Å². The number of hydrogen-bond acceptors (Lipinski definition) is 4. The summed E-state index contributed by atoms with van der Waals surface area (Å²) in [5, 5.41) is 2.99. The number of nitrogens with one attached hydrogen (secondary N) is 1. The Hall–Kier alpha value is -3.13. The molecule has 1 amide bonds. The number of hydrogen-bond donors (Lipinski definition) is 1. The molecule has 0 aliphatic heterocycles. The molecule has 0 saturated heterocycles. The molecule has 3 aromatic rings. The maximum absolute atomic E-state index is 12.2. The minimum atomic E-state index is -4.78. The number of benzene rings is 2. The van der Waals surface area contributed by atoms with Gasteiger partial charge in [-0.3, -0.25) is 4.79 Å². The van der Waals surface area contributed by atoms with Gasteiger partial charge in [0.05, 0.1) is 5.02 Å². The molecule has 29 heavy (non-hydrogen) atoms. The van der Waals surface area contributed by atoms with E-state index in [-0.39, 0.29) is 23.8 Å². The van der Waals surface area contributed by atoms with Crippen LogP contribution in [0, 0.1) is 6.92 Å². The van der Waals surface area contributed by atoms with Gasteiger partial charge in [0.25, 0.3) is 5.91 Å². The Bertz CT molecular complexity index is 979. The molecule has 0 radical (unpaired) electrons. The number of rotatable bonds is 6. The molecule has 0 fully saturated rings. The first kappa shape index (κ1) is 20.6. The van der Waals surface area contributed by atoms with E-state index in [9.17, 15) is 18.0 Å². The molecule has 1 N–H and O–H groups in total. The van der Waals surface area contributed by atoms with Gasteiger partial charge in [-0.25, -0.2) is 0 Å². The quantitative estimate of drug-likeness (QED) is 0.528. The molecule has 0 bridgehead atoms. The normalized spacial score (nSPS) is 11.2. The highest BCUT2D eigenvalue weighted by Crippen LogP contribution is 2.29. The van der Waals surface area contributed by atoms with Crippen molar-refractivity contribution in [1.82, 2.24) is 0 Å². The molecule has 1 aromatic heterocycles. The van der Waals surface area contributed by atoms with E-state index in [1.54, 1.807) is 12.1 Å². The Balaban J connectivity index is 1.59. The van der Waals surface area contributed by atoms with Crippen molar-refractivity contribution >= 4 is 23.2 Å². The summed E-state index contributed by atoms with van der Waals surface area (Å²) >= 11 is 6.10. The minimum absolute atomic E-state index is 0.0232. The Morgan fingerprint density at radius 2 is 1.83 bits per heavy atom. The largest absolute Gasteiger partial charge is 0.573 e. The number of anilines is 1. The van der Waals surface area contributed by atoms with Crippen molar-refractivity contribution < 1.29 is 31.9 Å². The van der Waals surface area contributed by atoms with Crippen molar-refractivity contribution in [2.45, 2.75) is 19.9 Å².